The third-order valence-electron chi connectivity index (χ3n) is 5.31. The van der Waals surface area contributed by atoms with E-state index in [-0.39, 0.29) is 11.9 Å². The van der Waals surface area contributed by atoms with Gasteiger partial charge in [-0.2, -0.15) is 0 Å². The van der Waals surface area contributed by atoms with Crippen LogP contribution in [0.25, 0.3) is 11.8 Å². The Morgan fingerprint density at radius 1 is 1.09 bits per heavy atom. The second-order valence-electron chi connectivity index (χ2n) is 7.75. The first-order valence-electron chi connectivity index (χ1n) is 10.7. The van der Waals surface area contributed by atoms with E-state index in [9.17, 15) is 9.59 Å². The van der Waals surface area contributed by atoms with Gasteiger partial charge >= 0.3 is 5.97 Å². The molecule has 0 bridgehead atoms. The summed E-state index contributed by atoms with van der Waals surface area (Å²) in [6.07, 6.45) is 1.89. The Bertz CT molecular complexity index is 1270. The summed E-state index contributed by atoms with van der Waals surface area (Å²) in [6, 6.07) is 17.2. The number of ether oxygens (including phenoxy) is 1. The van der Waals surface area contributed by atoms with Gasteiger partial charge in [-0.3, -0.25) is 4.79 Å². The quantitative estimate of drug-likeness (QED) is 0.406. The molecule has 33 heavy (non-hydrogen) atoms. The van der Waals surface area contributed by atoms with Crippen molar-refractivity contribution in [1.29, 1.82) is 0 Å². The van der Waals surface area contributed by atoms with Crippen molar-refractivity contribution in [3.8, 4) is 5.69 Å². The molecule has 1 fully saturated rings. The fourth-order valence-corrected chi connectivity index (χ4v) is 4.48. The smallest absolute Gasteiger partial charge is 0.338 e. The summed E-state index contributed by atoms with van der Waals surface area (Å²) < 4.78 is 7.15. The molecule has 168 valence electrons. The molecule has 1 aliphatic rings. The van der Waals surface area contributed by atoms with Gasteiger partial charge < -0.3 is 14.6 Å². The van der Waals surface area contributed by atoms with Crippen molar-refractivity contribution in [2.75, 3.05) is 6.61 Å². The lowest BCUT2D eigenvalue weighted by Crippen LogP contribution is -2.19. The number of hydrogen-bond acceptors (Lipinski definition) is 5. The maximum Gasteiger partial charge on any atom is 0.338 e. The molecule has 1 aliphatic heterocycles. The van der Waals surface area contributed by atoms with Crippen LogP contribution in [0.15, 0.2) is 64.5 Å². The van der Waals surface area contributed by atoms with Crippen molar-refractivity contribution >= 4 is 40.6 Å². The number of nitrogens with zero attached hydrogens (tertiary/aromatic N) is 2. The van der Waals surface area contributed by atoms with Gasteiger partial charge in [-0.05, 0) is 93.6 Å². The summed E-state index contributed by atoms with van der Waals surface area (Å²) in [7, 11) is 0. The van der Waals surface area contributed by atoms with E-state index in [1.165, 1.54) is 11.8 Å². The summed E-state index contributed by atoms with van der Waals surface area (Å²) in [5.74, 6) is -0.489. The predicted molar refractivity (Wildman–Crippen MR) is 133 cm³/mol. The standard InChI is InChI=1S/C26H25N3O3S/c1-5-32-25(31)19-8-12-22(13-9-19)29-17(3)14-20(18(29)4)15-23-24(30)28-26(33-23)27-21-10-6-16(2)7-11-21/h6-15H,5H2,1-4H3,(H,27,28,30)/b23-15-. The predicted octanol–water partition coefficient (Wildman–Crippen LogP) is 5.47. The van der Waals surface area contributed by atoms with Crippen LogP contribution in [0.2, 0.25) is 0 Å². The first-order valence-corrected chi connectivity index (χ1v) is 11.5. The average Bonchev–Trinajstić information content (AvgIpc) is 3.28. The van der Waals surface area contributed by atoms with Crippen LogP contribution in [0, 0.1) is 20.8 Å². The van der Waals surface area contributed by atoms with E-state index in [0.29, 0.717) is 22.2 Å². The van der Waals surface area contributed by atoms with Crippen LogP contribution in [0.4, 0.5) is 5.69 Å². The number of amidine groups is 1. The zero-order valence-electron chi connectivity index (χ0n) is 19.0. The van der Waals surface area contributed by atoms with Gasteiger partial charge in [0.05, 0.1) is 22.8 Å². The maximum atomic E-state index is 12.5. The summed E-state index contributed by atoms with van der Waals surface area (Å²) in [6.45, 7) is 8.18. The van der Waals surface area contributed by atoms with E-state index >= 15 is 0 Å². The van der Waals surface area contributed by atoms with Crippen molar-refractivity contribution < 1.29 is 14.3 Å². The molecule has 7 heteroatoms. The molecule has 0 aliphatic carbocycles. The molecule has 1 N–H and O–H groups in total. The minimum absolute atomic E-state index is 0.158. The lowest BCUT2D eigenvalue weighted by molar-refractivity contribution is -0.115. The normalized spacial score (nSPS) is 15.8. The fourth-order valence-electron chi connectivity index (χ4n) is 3.65. The minimum Gasteiger partial charge on any atom is -0.462 e. The number of nitrogens with one attached hydrogen (secondary N) is 1. The molecule has 0 atom stereocenters. The maximum absolute atomic E-state index is 12.5. The third kappa shape index (κ3) is 4.93. The van der Waals surface area contributed by atoms with E-state index in [4.69, 9.17) is 4.74 Å². The molecule has 0 unspecified atom stereocenters. The van der Waals surface area contributed by atoms with Crippen LogP contribution < -0.4 is 5.32 Å². The van der Waals surface area contributed by atoms with Gasteiger partial charge in [-0.15, -0.1) is 0 Å². The summed E-state index contributed by atoms with van der Waals surface area (Å²) >= 11 is 1.33. The van der Waals surface area contributed by atoms with Crippen LogP contribution in [0.3, 0.4) is 0 Å². The van der Waals surface area contributed by atoms with Gasteiger partial charge in [-0.1, -0.05) is 17.7 Å². The molecule has 6 nitrogen and oxygen atoms in total. The number of esters is 1. The number of aliphatic imine (C=N–C) groups is 1. The number of benzene rings is 2. The number of rotatable bonds is 5. The van der Waals surface area contributed by atoms with Crippen LogP contribution in [-0.4, -0.2) is 28.2 Å². The zero-order chi connectivity index (χ0) is 23.5. The highest BCUT2D eigenvalue weighted by Crippen LogP contribution is 2.30. The topological polar surface area (TPSA) is 72.7 Å². The Kier molecular flexibility index (Phi) is 6.51. The zero-order valence-corrected chi connectivity index (χ0v) is 19.8. The average molecular weight is 460 g/mol. The summed E-state index contributed by atoms with van der Waals surface area (Å²) in [5, 5.41) is 3.41. The van der Waals surface area contributed by atoms with E-state index in [1.54, 1.807) is 19.1 Å². The van der Waals surface area contributed by atoms with Crippen molar-refractivity contribution in [3.63, 3.8) is 0 Å². The highest BCUT2D eigenvalue weighted by molar-refractivity contribution is 8.18. The van der Waals surface area contributed by atoms with E-state index in [2.05, 4.69) is 14.9 Å². The van der Waals surface area contributed by atoms with E-state index in [0.717, 1.165) is 33.9 Å². The first kappa shape index (κ1) is 22.6. The van der Waals surface area contributed by atoms with Crippen molar-refractivity contribution in [1.82, 2.24) is 9.88 Å². The van der Waals surface area contributed by atoms with E-state index < -0.39 is 0 Å². The number of amides is 1. The molecule has 0 saturated carbocycles. The second-order valence-corrected chi connectivity index (χ2v) is 8.78. The van der Waals surface area contributed by atoms with Crippen molar-refractivity contribution in [2.45, 2.75) is 27.7 Å². The lowest BCUT2D eigenvalue weighted by atomic mass is 10.2. The Hall–Kier alpha value is -3.58. The van der Waals surface area contributed by atoms with Crippen molar-refractivity contribution in [2.24, 2.45) is 4.99 Å². The number of thioether (sulfide) groups is 1. The Morgan fingerprint density at radius 3 is 2.45 bits per heavy atom. The van der Waals surface area contributed by atoms with Gasteiger partial charge in [0, 0.05) is 17.1 Å². The Balaban J connectivity index is 1.58. The minimum atomic E-state index is -0.331. The van der Waals surface area contributed by atoms with Crippen LogP contribution >= 0.6 is 11.8 Å². The van der Waals surface area contributed by atoms with Crippen molar-refractivity contribution in [3.05, 3.63) is 87.6 Å². The van der Waals surface area contributed by atoms with Gasteiger partial charge in [0.25, 0.3) is 5.91 Å². The second kappa shape index (κ2) is 9.50. The number of hydrogen-bond donors (Lipinski definition) is 1. The molecule has 1 aromatic heterocycles. The van der Waals surface area contributed by atoms with Gasteiger partial charge in [0.2, 0.25) is 0 Å². The Labute approximate surface area is 197 Å². The van der Waals surface area contributed by atoms with Gasteiger partial charge in [0.15, 0.2) is 5.17 Å². The highest BCUT2D eigenvalue weighted by atomic mass is 32.2. The monoisotopic (exact) mass is 459 g/mol. The SMILES string of the molecule is CCOC(=O)c1ccc(-n2c(C)cc(/C=C3\SC(=Nc4ccc(C)cc4)NC3=O)c2C)cc1. The van der Waals surface area contributed by atoms with Gasteiger partial charge in [0.1, 0.15) is 0 Å². The molecule has 2 heterocycles. The van der Waals surface area contributed by atoms with E-state index in [1.807, 2.05) is 69.3 Å². The number of carbonyl (C=O) groups excluding carboxylic acids is 2. The van der Waals surface area contributed by atoms with Crippen LogP contribution in [0.1, 0.15) is 39.8 Å². The van der Waals surface area contributed by atoms with Crippen LogP contribution in [0.5, 0.6) is 0 Å². The fraction of sp³-hybridized carbons (Fsp3) is 0.192. The molecular formula is C26H25N3O3S. The molecular weight excluding hydrogens is 434 g/mol. The van der Waals surface area contributed by atoms with Crippen LogP contribution in [-0.2, 0) is 9.53 Å². The number of carbonyl (C=O) groups is 2. The summed E-state index contributed by atoms with van der Waals surface area (Å²) in [4.78, 5) is 29.6. The molecule has 4 rings (SSSR count). The number of aryl methyl sites for hydroxylation is 2. The molecule has 0 spiro atoms. The molecule has 2 aromatic carbocycles. The first-order chi connectivity index (χ1) is 15.9. The Morgan fingerprint density at radius 2 is 1.79 bits per heavy atom. The largest absolute Gasteiger partial charge is 0.462 e. The molecule has 1 amide bonds. The third-order valence-corrected chi connectivity index (χ3v) is 6.22. The van der Waals surface area contributed by atoms with Gasteiger partial charge in [-0.25, -0.2) is 9.79 Å². The lowest BCUT2D eigenvalue weighted by Gasteiger charge is -2.10. The number of aromatic nitrogens is 1. The summed E-state index contributed by atoms with van der Waals surface area (Å²) in [5.41, 5.74) is 6.40. The molecule has 1 saturated heterocycles. The highest BCUT2D eigenvalue weighted by Gasteiger charge is 2.24. The molecule has 0 radical (unpaired) electrons. The molecule has 3 aromatic rings.